The molecule has 1 saturated carbocycles. The zero-order chi connectivity index (χ0) is 14.1. The summed E-state index contributed by atoms with van der Waals surface area (Å²) in [5, 5.41) is 2.83. The lowest BCUT2D eigenvalue weighted by Gasteiger charge is -2.09. The third-order valence-corrected chi connectivity index (χ3v) is 3.49. The Morgan fingerprint density at radius 1 is 1.30 bits per heavy atom. The van der Waals surface area contributed by atoms with Crippen molar-refractivity contribution in [3.05, 3.63) is 53.2 Å². The molecular formula is C16H17N3O. The summed E-state index contributed by atoms with van der Waals surface area (Å²) in [5.41, 5.74) is 9.10. The van der Waals surface area contributed by atoms with Crippen molar-refractivity contribution in [2.75, 3.05) is 11.1 Å². The smallest absolute Gasteiger partial charge is 0.256 e. The number of nitrogen functional groups attached to an aromatic ring is 1. The summed E-state index contributed by atoms with van der Waals surface area (Å²) < 4.78 is 0. The van der Waals surface area contributed by atoms with Crippen LogP contribution in [0.2, 0.25) is 0 Å². The topological polar surface area (TPSA) is 68.0 Å². The van der Waals surface area contributed by atoms with Gasteiger partial charge in [0, 0.05) is 22.9 Å². The first-order valence-corrected chi connectivity index (χ1v) is 6.78. The van der Waals surface area contributed by atoms with E-state index in [0.29, 0.717) is 23.0 Å². The van der Waals surface area contributed by atoms with Gasteiger partial charge in [-0.1, -0.05) is 12.1 Å². The zero-order valence-corrected chi connectivity index (χ0v) is 11.4. The molecule has 102 valence electrons. The predicted octanol–water partition coefficient (Wildman–Crippen LogP) is 3.10. The normalized spacial score (nSPS) is 14.1. The Hall–Kier alpha value is -2.36. The Morgan fingerprint density at radius 3 is 2.80 bits per heavy atom. The maximum atomic E-state index is 12.1. The highest BCUT2D eigenvalue weighted by molar-refractivity contribution is 6.04. The SMILES string of the molecule is Cc1ccc(NC(=O)c2cccc(N)c2)nc1C1CC1. The van der Waals surface area contributed by atoms with Crippen LogP contribution in [0.1, 0.15) is 40.4 Å². The molecule has 4 heteroatoms. The fraction of sp³-hybridized carbons (Fsp3) is 0.250. The number of hydrogen-bond acceptors (Lipinski definition) is 3. The van der Waals surface area contributed by atoms with Crippen LogP contribution in [0.4, 0.5) is 11.5 Å². The lowest BCUT2D eigenvalue weighted by molar-refractivity contribution is 0.102. The largest absolute Gasteiger partial charge is 0.399 e. The highest BCUT2D eigenvalue weighted by Crippen LogP contribution is 2.40. The van der Waals surface area contributed by atoms with Gasteiger partial charge in [0.2, 0.25) is 0 Å². The first-order valence-electron chi connectivity index (χ1n) is 6.78. The quantitative estimate of drug-likeness (QED) is 0.840. The second-order valence-electron chi connectivity index (χ2n) is 5.25. The van der Waals surface area contributed by atoms with Crippen molar-refractivity contribution < 1.29 is 4.79 Å². The Balaban J connectivity index is 1.80. The number of aromatic nitrogens is 1. The third kappa shape index (κ3) is 2.64. The zero-order valence-electron chi connectivity index (χ0n) is 11.4. The number of carbonyl (C=O) groups excluding carboxylic acids is 1. The van der Waals surface area contributed by atoms with Crippen molar-refractivity contribution in [1.82, 2.24) is 4.98 Å². The molecule has 1 aromatic heterocycles. The van der Waals surface area contributed by atoms with Gasteiger partial charge in [-0.05, 0) is 49.6 Å². The first-order chi connectivity index (χ1) is 9.63. The second-order valence-corrected chi connectivity index (χ2v) is 5.25. The number of hydrogen-bond donors (Lipinski definition) is 2. The minimum atomic E-state index is -0.185. The van der Waals surface area contributed by atoms with Gasteiger partial charge in [0.05, 0.1) is 0 Å². The van der Waals surface area contributed by atoms with Gasteiger partial charge < -0.3 is 11.1 Å². The minimum absolute atomic E-state index is 0.185. The molecule has 0 aliphatic heterocycles. The second kappa shape index (κ2) is 4.96. The van der Waals surface area contributed by atoms with Crippen molar-refractivity contribution in [3.63, 3.8) is 0 Å². The number of carbonyl (C=O) groups is 1. The van der Waals surface area contributed by atoms with Gasteiger partial charge in [-0.25, -0.2) is 4.98 Å². The van der Waals surface area contributed by atoms with E-state index in [0.717, 1.165) is 5.69 Å². The molecule has 0 radical (unpaired) electrons. The molecule has 0 atom stereocenters. The molecular weight excluding hydrogens is 250 g/mol. The van der Waals surface area contributed by atoms with E-state index in [1.165, 1.54) is 18.4 Å². The Morgan fingerprint density at radius 2 is 2.10 bits per heavy atom. The van der Waals surface area contributed by atoms with Crippen molar-refractivity contribution in [3.8, 4) is 0 Å². The van der Waals surface area contributed by atoms with E-state index in [1.807, 2.05) is 12.1 Å². The molecule has 1 aliphatic rings. The first kappa shape index (κ1) is 12.7. The van der Waals surface area contributed by atoms with Crippen LogP contribution in [-0.2, 0) is 0 Å². The predicted molar refractivity (Wildman–Crippen MR) is 79.8 cm³/mol. The monoisotopic (exact) mass is 267 g/mol. The summed E-state index contributed by atoms with van der Waals surface area (Å²) in [6.45, 7) is 2.06. The van der Waals surface area contributed by atoms with Crippen LogP contribution in [0.15, 0.2) is 36.4 Å². The van der Waals surface area contributed by atoms with E-state index in [2.05, 4.69) is 17.2 Å². The molecule has 1 fully saturated rings. The number of anilines is 2. The van der Waals surface area contributed by atoms with E-state index in [9.17, 15) is 4.79 Å². The van der Waals surface area contributed by atoms with Crippen LogP contribution in [0, 0.1) is 6.92 Å². The van der Waals surface area contributed by atoms with Crippen molar-refractivity contribution in [2.45, 2.75) is 25.7 Å². The number of amides is 1. The highest BCUT2D eigenvalue weighted by Gasteiger charge is 2.26. The van der Waals surface area contributed by atoms with Crippen LogP contribution in [-0.4, -0.2) is 10.9 Å². The average molecular weight is 267 g/mol. The molecule has 1 aromatic carbocycles. The molecule has 4 nitrogen and oxygen atoms in total. The van der Waals surface area contributed by atoms with Crippen LogP contribution >= 0.6 is 0 Å². The molecule has 3 rings (SSSR count). The Kier molecular flexibility index (Phi) is 3.14. The maximum absolute atomic E-state index is 12.1. The van der Waals surface area contributed by atoms with Gasteiger partial charge in [0.15, 0.2) is 0 Å². The molecule has 2 aromatic rings. The van der Waals surface area contributed by atoms with Crippen molar-refractivity contribution in [2.24, 2.45) is 0 Å². The fourth-order valence-electron chi connectivity index (χ4n) is 2.25. The summed E-state index contributed by atoms with van der Waals surface area (Å²) in [6.07, 6.45) is 2.39. The van der Waals surface area contributed by atoms with Crippen molar-refractivity contribution >= 4 is 17.4 Å². The van der Waals surface area contributed by atoms with E-state index in [4.69, 9.17) is 5.73 Å². The molecule has 0 bridgehead atoms. The standard InChI is InChI=1S/C16H17N3O/c1-10-5-8-14(18-15(10)11-6-7-11)19-16(20)12-3-2-4-13(17)9-12/h2-5,8-9,11H,6-7,17H2,1H3,(H,18,19,20). The van der Waals surface area contributed by atoms with E-state index >= 15 is 0 Å². The number of pyridine rings is 1. The van der Waals surface area contributed by atoms with Crippen LogP contribution < -0.4 is 11.1 Å². The van der Waals surface area contributed by atoms with Gasteiger partial charge in [0.1, 0.15) is 5.82 Å². The summed E-state index contributed by atoms with van der Waals surface area (Å²) in [5.74, 6) is 0.986. The van der Waals surface area contributed by atoms with Gasteiger partial charge >= 0.3 is 0 Å². The molecule has 20 heavy (non-hydrogen) atoms. The number of rotatable bonds is 3. The molecule has 1 amide bonds. The van der Waals surface area contributed by atoms with Crippen LogP contribution in [0.5, 0.6) is 0 Å². The maximum Gasteiger partial charge on any atom is 0.256 e. The Bertz CT molecular complexity index is 663. The van der Waals surface area contributed by atoms with Gasteiger partial charge in [-0.15, -0.1) is 0 Å². The number of benzene rings is 1. The highest BCUT2D eigenvalue weighted by atomic mass is 16.1. The Labute approximate surface area is 118 Å². The van der Waals surface area contributed by atoms with E-state index in [1.54, 1.807) is 24.3 Å². The third-order valence-electron chi connectivity index (χ3n) is 3.49. The fourth-order valence-corrected chi connectivity index (χ4v) is 2.25. The molecule has 3 N–H and O–H groups in total. The lowest BCUT2D eigenvalue weighted by atomic mass is 10.1. The number of nitrogens with one attached hydrogen (secondary N) is 1. The molecule has 0 spiro atoms. The lowest BCUT2D eigenvalue weighted by Crippen LogP contribution is -2.13. The van der Waals surface area contributed by atoms with Gasteiger partial charge in [-0.2, -0.15) is 0 Å². The summed E-state index contributed by atoms with van der Waals surface area (Å²) in [7, 11) is 0. The van der Waals surface area contributed by atoms with Gasteiger partial charge in [0.25, 0.3) is 5.91 Å². The minimum Gasteiger partial charge on any atom is -0.399 e. The van der Waals surface area contributed by atoms with E-state index in [-0.39, 0.29) is 5.91 Å². The van der Waals surface area contributed by atoms with Crippen molar-refractivity contribution in [1.29, 1.82) is 0 Å². The number of nitrogens with zero attached hydrogens (tertiary/aromatic N) is 1. The summed E-state index contributed by atoms with van der Waals surface area (Å²) in [6, 6.07) is 10.8. The molecule has 1 heterocycles. The molecule has 1 aliphatic carbocycles. The molecule has 0 saturated heterocycles. The van der Waals surface area contributed by atoms with Crippen LogP contribution in [0.25, 0.3) is 0 Å². The number of nitrogens with two attached hydrogens (primary N) is 1. The summed E-state index contributed by atoms with van der Waals surface area (Å²) >= 11 is 0. The van der Waals surface area contributed by atoms with E-state index < -0.39 is 0 Å². The number of aryl methyl sites for hydroxylation is 1. The summed E-state index contributed by atoms with van der Waals surface area (Å²) in [4.78, 5) is 16.7. The molecule has 0 unspecified atom stereocenters. The van der Waals surface area contributed by atoms with Gasteiger partial charge in [-0.3, -0.25) is 4.79 Å². The van der Waals surface area contributed by atoms with Crippen LogP contribution in [0.3, 0.4) is 0 Å². The average Bonchev–Trinajstić information content (AvgIpc) is 3.25.